The Morgan fingerprint density at radius 2 is 1.72 bits per heavy atom. The first kappa shape index (κ1) is 24.2. The second-order valence-corrected chi connectivity index (χ2v) is 11.2. The van der Waals surface area contributed by atoms with Crippen LogP contribution in [0.15, 0.2) is 9.34 Å². The zero-order chi connectivity index (χ0) is 22.9. The lowest BCUT2D eigenvalue weighted by Gasteiger charge is -2.60. The zero-order valence-electron chi connectivity index (χ0n) is 18.6. The molecule has 0 heterocycles. The van der Waals surface area contributed by atoms with Gasteiger partial charge in [-0.2, -0.15) is 0 Å². The summed E-state index contributed by atoms with van der Waals surface area (Å²) in [5.41, 5.74) is 5.06. The van der Waals surface area contributed by atoms with Crippen LogP contribution in [0.2, 0.25) is 0 Å². The van der Waals surface area contributed by atoms with Crippen molar-refractivity contribution in [1.29, 1.82) is 0 Å². The summed E-state index contributed by atoms with van der Waals surface area (Å²) in [5, 5.41) is 9.65. The van der Waals surface area contributed by atoms with E-state index in [4.69, 9.17) is 24.7 Å². The number of halogens is 1. The fourth-order valence-electron chi connectivity index (χ4n) is 6.53. The van der Waals surface area contributed by atoms with E-state index in [0.29, 0.717) is 18.3 Å². The number of aliphatic hydroxyl groups is 1. The number of nitrogens with two attached hydrogens (primary N) is 1. The second-order valence-electron chi connectivity index (χ2n) is 10.2. The van der Waals surface area contributed by atoms with E-state index in [-0.39, 0.29) is 22.2 Å². The summed E-state index contributed by atoms with van der Waals surface area (Å²) in [6.07, 6.45) is 9.20. The second kappa shape index (κ2) is 9.76. The van der Waals surface area contributed by atoms with Crippen LogP contribution in [0.25, 0.3) is 0 Å². The molecule has 5 fully saturated rings. The molecule has 0 aromatic carbocycles. The van der Waals surface area contributed by atoms with E-state index >= 15 is 0 Å². The van der Waals surface area contributed by atoms with Crippen molar-refractivity contribution in [1.82, 2.24) is 0 Å². The summed E-state index contributed by atoms with van der Waals surface area (Å²) >= 11 is 1.71. The van der Waals surface area contributed by atoms with Crippen molar-refractivity contribution in [3.05, 3.63) is 9.34 Å². The first-order chi connectivity index (χ1) is 15.2. The Bertz CT molecular complexity index is 745. The van der Waals surface area contributed by atoms with Gasteiger partial charge in [0.15, 0.2) is 10.6 Å². The molecule has 0 aromatic rings. The molecule has 0 radical (unpaired) electrons. The number of hydrogen-bond donors (Lipinski definition) is 2. The van der Waals surface area contributed by atoms with E-state index in [1.807, 2.05) is 0 Å². The fraction of sp³-hybridized carbons (Fsp3) is 0.826. The maximum absolute atomic E-state index is 12.6. The molecule has 3 N–H and O–H groups in total. The molecule has 0 aromatic heterocycles. The Morgan fingerprint density at radius 1 is 1.09 bits per heavy atom. The van der Waals surface area contributed by atoms with E-state index in [1.54, 1.807) is 29.5 Å². The third kappa shape index (κ3) is 5.42. The third-order valence-electron chi connectivity index (χ3n) is 7.54. The van der Waals surface area contributed by atoms with Crippen LogP contribution in [0, 0.1) is 11.8 Å². The van der Waals surface area contributed by atoms with Crippen LogP contribution in [0.1, 0.15) is 77.6 Å². The standard InChI is InChI=1S/C23H34INO7/c1-14(18(24)26)20(27)32-23-10-15-7-16(11-23)9-22(8-15,12-23)31-19(25)21(28)30-13-29-17-5-3-2-4-6-17/h15-17,19,26H,2-13,25H2,1H3/b18-14-. The summed E-state index contributed by atoms with van der Waals surface area (Å²) in [4.78, 5) is 25.0. The molecule has 8 nitrogen and oxygen atoms in total. The Hall–Kier alpha value is -0.910. The highest BCUT2D eigenvalue weighted by atomic mass is 127. The minimum Gasteiger partial charge on any atom is -0.502 e. The number of carbonyl (C=O) groups excluding carboxylic acids is 2. The molecule has 0 spiro atoms. The normalized spacial score (nSPS) is 35.8. The number of ether oxygens (including phenoxy) is 4. The average Bonchev–Trinajstić information content (AvgIpc) is 2.72. The van der Waals surface area contributed by atoms with Gasteiger partial charge < -0.3 is 24.1 Å². The van der Waals surface area contributed by atoms with E-state index in [9.17, 15) is 14.7 Å². The number of aliphatic hydroxyl groups excluding tert-OH is 1. The van der Waals surface area contributed by atoms with Gasteiger partial charge in [0.2, 0.25) is 6.23 Å². The summed E-state index contributed by atoms with van der Waals surface area (Å²) < 4.78 is 22.9. The molecule has 5 aliphatic rings. The molecule has 3 atom stereocenters. The summed E-state index contributed by atoms with van der Waals surface area (Å²) in [6, 6.07) is 0. The van der Waals surface area contributed by atoms with Gasteiger partial charge in [-0.25, -0.2) is 9.59 Å². The first-order valence-corrected chi connectivity index (χ1v) is 12.8. The van der Waals surface area contributed by atoms with Crippen LogP contribution in [0.5, 0.6) is 0 Å². The molecule has 4 bridgehead atoms. The average molecular weight is 563 g/mol. The van der Waals surface area contributed by atoms with Crippen molar-refractivity contribution in [2.75, 3.05) is 6.79 Å². The third-order valence-corrected chi connectivity index (χ3v) is 8.35. The van der Waals surface area contributed by atoms with Crippen molar-refractivity contribution in [3.63, 3.8) is 0 Å². The van der Waals surface area contributed by atoms with Gasteiger partial charge in [-0.1, -0.05) is 19.3 Å². The highest BCUT2D eigenvalue weighted by Gasteiger charge is 2.61. The van der Waals surface area contributed by atoms with Crippen LogP contribution < -0.4 is 5.73 Å². The Labute approximate surface area is 202 Å². The molecule has 5 saturated carbocycles. The van der Waals surface area contributed by atoms with Gasteiger partial charge in [0.25, 0.3) is 0 Å². The van der Waals surface area contributed by atoms with Crippen LogP contribution in [-0.4, -0.2) is 47.4 Å². The van der Waals surface area contributed by atoms with Gasteiger partial charge in [0.1, 0.15) is 5.60 Å². The minimum atomic E-state index is -1.20. The molecule has 3 unspecified atom stereocenters. The van der Waals surface area contributed by atoms with Crippen LogP contribution in [-0.2, 0) is 28.5 Å². The van der Waals surface area contributed by atoms with E-state index in [1.165, 1.54) is 6.42 Å². The maximum Gasteiger partial charge on any atom is 0.352 e. The molecule has 180 valence electrons. The molecule has 32 heavy (non-hydrogen) atoms. The van der Waals surface area contributed by atoms with Crippen LogP contribution in [0.3, 0.4) is 0 Å². The minimum absolute atomic E-state index is 0.0662. The van der Waals surface area contributed by atoms with Gasteiger partial charge in [-0.15, -0.1) is 0 Å². The monoisotopic (exact) mass is 563 g/mol. The number of rotatable bonds is 8. The Kier molecular flexibility index (Phi) is 7.38. The zero-order valence-corrected chi connectivity index (χ0v) is 20.8. The van der Waals surface area contributed by atoms with Gasteiger partial charge in [0, 0.05) is 6.42 Å². The van der Waals surface area contributed by atoms with Gasteiger partial charge in [0.05, 0.1) is 17.3 Å². The number of hydrogen-bond acceptors (Lipinski definition) is 8. The molecule has 9 heteroatoms. The van der Waals surface area contributed by atoms with Crippen molar-refractivity contribution in [2.45, 2.75) is 101 Å². The lowest BCUT2D eigenvalue weighted by molar-refractivity contribution is -0.247. The molecule has 5 rings (SSSR count). The highest BCUT2D eigenvalue weighted by molar-refractivity contribution is 14.1. The lowest BCUT2D eigenvalue weighted by Crippen LogP contribution is -2.63. The summed E-state index contributed by atoms with van der Waals surface area (Å²) in [7, 11) is 0. The topological polar surface area (TPSA) is 117 Å². The van der Waals surface area contributed by atoms with Crippen molar-refractivity contribution >= 4 is 34.5 Å². The summed E-state index contributed by atoms with van der Waals surface area (Å²) in [5.74, 6) is -0.410. The quantitative estimate of drug-likeness (QED) is 0.150. The number of esters is 2. The molecular formula is C23H34INO7. The van der Waals surface area contributed by atoms with Gasteiger partial charge in [-0.05, 0) is 86.3 Å². The molecular weight excluding hydrogens is 529 g/mol. The molecule has 0 amide bonds. The van der Waals surface area contributed by atoms with Crippen molar-refractivity contribution in [2.24, 2.45) is 17.6 Å². The van der Waals surface area contributed by atoms with Gasteiger partial charge >= 0.3 is 11.9 Å². The van der Waals surface area contributed by atoms with E-state index in [0.717, 1.165) is 57.8 Å². The molecule has 0 aliphatic heterocycles. The molecule has 0 saturated heterocycles. The van der Waals surface area contributed by atoms with E-state index < -0.39 is 29.4 Å². The lowest BCUT2D eigenvalue weighted by atomic mass is 9.52. The fourth-order valence-corrected chi connectivity index (χ4v) is 6.75. The highest BCUT2D eigenvalue weighted by Crippen LogP contribution is 2.60. The van der Waals surface area contributed by atoms with E-state index in [2.05, 4.69) is 0 Å². The summed E-state index contributed by atoms with van der Waals surface area (Å²) in [6.45, 7) is 1.45. The van der Waals surface area contributed by atoms with Crippen molar-refractivity contribution < 1.29 is 33.6 Å². The van der Waals surface area contributed by atoms with Crippen LogP contribution in [0.4, 0.5) is 0 Å². The van der Waals surface area contributed by atoms with Crippen LogP contribution >= 0.6 is 22.6 Å². The Morgan fingerprint density at radius 3 is 2.34 bits per heavy atom. The Balaban J connectivity index is 1.35. The van der Waals surface area contributed by atoms with Gasteiger partial charge in [-0.3, -0.25) is 5.73 Å². The predicted molar refractivity (Wildman–Crippen MR) is 124 cm³/mol. The first-order valence-electron chi connectivity index (χ1n) is 11.7. The maximum atomic E-state index is 12.6. The van der Waals surface area contributed by atoms with Crippen molar-refractivity contribution in [3.8, 4) is 0 Å². The predicted octanol–water partition coefficient (Wildman–Crippen LogP) is 4.00. The molecule has 5 aliphatic carbocycles. The smallest absolute Gasteiger partial charge is 0.352 e. The largest absolute Gasteiger partial charge is 0.502 e. The number of carbonyl (C=O) groups is 2. The SMILES string of the molecule is C/C(C(=O)OC12CC3CC(C1)CC(OC(N)C(=O)OCOC1CCCCC1)(C3)C2)=C(/O)I.